The van der Waals surface area contributed by atoms with Gasteiger partial charge in [0.1, 0.15) is 5.60 Å². The van der Waals surface area contributed by atoms with Gasteiger partial charge in [0.05, 0.1) is 0 Å². The first-order valence-corrected chi connectivity index (χ1v) is 9.29. The van der Waals surface area contributed by atoms with Crippen LogP contribution in [0.25, 0.3) is 0 Å². The summed E-state index contributed by atoms with van der Waals surface area (Å²) in [5.41, 5.74) is -0.435. The van der Waals surface area contributed by atoms with Crippen molar-refractivity contribution in [2.24, 2.45) is 11.3 Å². The van der Waals surface area contributed by atoms with Crippen LogP contribution in [0.4, 0.5) is 4.79 Å². The zero-order chi connectivity index (χ0) is 18.1. The van der Waals surface area contributed by atoms with Crippen molar-refractivity contribution in [3.63, 3.8) is 0 Å². The molecule has 1 saturated heterocycles. The Morgan fingerprint density at radius 3 is 2.72 bits per heavy atom. The molecular weight excluding hydrogens is 318 g/mol. The Labute approximate surface area is 149 Å². The molecule has 1 aromatic rings. The third-order valence-electron chi connectivity index (χ3n) is 5.55. The average molecular weight is 347 g/mol. The van der Waals surface area contributed by atoms with Crippen LogP contribution in [0.2, 0.25) is 0 Å². The van der Waals surface area contributed by atoms with Gasteiger partial charge in [-0.1, -0.05) is 12.8 Å². The van der Waals surface area contributed by atoms with Gasteiger partial charge in [0.15, 0.2) is 0 Å². The number of hydrogen-bond donors (Lipinski definition) is 0. The normalized spacial score (nSPS) is 23.0. The maximum absolute atomic E-state index is 12.5. The van der Waals surface area contributed by atoms with Crippen LogP contribution in [-0.4, -0.2) is 39.5 Å². The third-order valence-corrected chi connectivity index (χ3v) is 5.55. The number of rotatable bonds is 2. The summed E-state index contributed by atoms with van der Waals surface area (Å²) in [6.07, 6.45) is 6.94. The van der Waals surface area contributed by atoms with E-state index >= 15 is 0 Å². The number of carbonyl (C=O) groups is 1. The third kappa shape index (κ3) is 4.05. The van der Waals surface area contributed by atoms with Crippen LogP contribution in [0.5, 0.6) is 0 Å². The zero-order valence-corrected chi connectivity index (χ0v) is 15.5. The van der Waals surface area contributed by atoms with Crippen molar-refractivity contribution in [1.82, 2.24) is 14.7 Å². The van der Waals surface area contributed by atoms with E-state index in [1.165, 1.54) is 12.8 Å². The summed E-state index contributed by atoms with van der Waals surface area (Å²) in [4.78, 5) is 26.4. The van der Waals surface area contributed by atoms with Crippen molar-refractivity contribution in [3.05, 3.63) is 28.7 Å². The van der Waals surface area contributed by atoms with Gasteiger partial charge in [-0.25, -0.2) is 9.48 Å². The van der Waals surface area contributed by atoms with Crippen LogP contribution >= 0.6 is 0 Å². The summed E-state index contributed by atoms with van der Waals surface area (Å²) in [6.45, 7) is 7.75. The van der Waals surface area contributed by atoms with Crippen molar-refractivity contribution < 1.29 is 9.53 Å². The molecule has 1 atom stereocenters. The predicted molar refractivity (Wildman–Crippen MR) is 95.3 cm³/mol. The van der Waals surface area contributed by atoms with Crippen LogP contribution in [0.1, 0.15) is 52.9 Å². The van der Waals surface area contributed by atoms with E-state index in [1.807, 2.05) is 25.7 Å². The Morgan fingerprint density at radius 1 is 1.36 bits per heavy atom. The first-order chi connectivity index (χ1) is 11.8. The molecule has 1 aliphatic heterocycles. The van der Waals surface area contributed by atoms with Gasteiger partial charge in [0.25, 0.3) is 5.56 Å². The summed E-state index contributed by atoms with van der Waals surface area (Å²) in [7, 11) is 0. The fraction of sp³-hybridized carbons (Fsp3) is 0.737. The number of nitrogens with zero attached hydrogens (tertiary/aromatic N) is 3. The van der Waals surface area contributed by atoms with Gasteiger partial charge in [-0.2, -0.15) is 5.10 Å². The fourth-order valence-corrected chi connectivity index (χ4v) is 4.35. The minimum Gasteiger partial charge on any atom is -0.444 e. The van der Waals surface area contributed by atoms with E-state index in [2.05, 4.69) is 5.10 Å². The second-order valence-corrected chi connectivity index (χ2v) is 8.50. The second-order valence-electron chi connectivity index (χ2n) is 8.50. The Bertz CT molecular complexity index is 671. The van der Waals surface area contributed by atoms with Gasteiger partial charge in [0.2, 0.25) is 0 Å². The van der Waals surface area contributed by atoms with Crippen molar-refractivity contribution in [3.8, 4) is 0 Å². The highest BCUT2D eigenvalue weighted by Crippen LogP contribution is 2.49. The van der Waals surface area contributed by atoms with Crippen LogP contribution in [0, 0.1) is 11.3 Å². The lowest BCUT2D eigenvalue weighted by atomic mass is 9.69. The average Bonchev–Trinajstić information content (AvgIpc) is 2.99. The van der Waals surface area contributed by atoms with Crippen LogP contribution in [0.3, 0.4) is 0 Å². The van der Waals surface area contributed by atoms with Gasteiger partial charge in [-0.05, 0) is 57.4 Å². The molecule has 1 amide bonds. The maximum Gasteiger partial charge on any atom is 0.410 e. The molecule has 138 valence electrons. The van der Waals surface area contributed by atoms with Crippen molar-refractivity contribution in [2.45, 2.75) is 65.0 Å². The molecule has 6 heteroatoms. The monoisotopic (exact) mass is 347 g/mol. The van der Waals surface area contributed by atoms with Gasteiger partial charge in [-0.15, -0.1) is 0 Å². The zero-order valence-electron chi connectivity index (χ0n) is 15.5. The Kier molecular flexibility index (Phi) is 4.89. The number of aromatic nitrogens is 2. The molecule has 1 unspecified atom stereocenters. The number of likely N-dealkylation sites (tertiary alicyclic amines) is 1. The number of amides is 1. The minimum absolute atomic E-state index is 0.0507. The van der Waals surface area contributed by atoms with Gasteiger partial charge < -0.3 is 9.64 Å². The van der Waals surface area contributed by atoms with E-state index in [1.54, 1.807) is 23.0 Å². The Balaban J connectivity index is 1.75. The maximum atomic E-state index is 12.5. The molecule has 2 heterocycles. The highest BCUT2D eigenvalue weighted by atomic mass is 16.6. The predicted octanol–water partition coefficient (Wildman–Crippen LogP) is 3.06. The van der Waals surface area contributed by atoms with Crippen LogP contribution in [0.15, 0.2) is 23.1 Å². The van der Waals surface area contributed by atoms with Crippen LogP contribution < -0.4 is 5.56 Å². The molecule has 6 nitrogen and oxygen atoms in total. The molecule has 0 aromatic carbocycles. The van der Waals surface area contributed by atoms with Crippen molar-refractivity contribution in [2.75, 3.05) is 13.1 Å². The second kappa shape index (κ2) is 6.81. The number of ether oxygens (including phenoxy) is 1. The lowest BCUT2D eigenvalue weighted by Gasteiger charge is -2.46. The molecule has 1 saturated carbocycles. The molecule has 2 fully saturated rings. The summed E-state index contributed by atoms with van der Waals surface area (Å²) in [5, 5.41) is 4.23. The molecule has 1 aromatic heterocycles. The Hall–Kier alpha value is -1.85. The molecule has 0 N–H and O–H groups in total. The summed E-state index contributed by atoms with van der Waals surface area (Å²) >= 11 is 0. The van der Waals surface area contributed by atoms with E-state index in [4.69, 9.17) is 4.74 Å². The van der Waals surface area contributed by atoms with E-state index in [-0.39, 0.29) is 17.1 Å². The fourth-order valence-electron chi connectivity index (χ4n) is 4.35. The van der Waals surface area contributed by atoms with Gasteiger partial charge in [0, 0.05) is 31.9 Å². The van der Waals surface area contributed by atoms with Crippen LogP contribution in [-0.2, 0) is 11.3 Å². The minimum atomic E-state index is -0.474. The lowest BCUT2D eigenvalue weighted by Crippen LogP contribution is -2.52. The Morgan fingerprint density at radius 2 is 2.08 bits per heavy atom. The number of piperidine rings is 1. The molecule has 1 spiro atoms. The highest BCUT2D eigenvalue weighted by molar-refractivity contribution is 5.68. The summed E-state index contributed by atoms with van der Waals surface area (Å²) < 4.78 is 7.15. The van der Waals surface area contributed by atoms with Gasteiger partial charge in [-0.3, -0.25) is 4.79 Å². The molecule has 2 aliphatic rings. The first-order valence-electron chi connectivity index (χ1n) is 9.29. The molecule has 0 radical (unpaired) electrons. The van der Waals surface area contributed by atoms with E-state index in [0.717, 1.165) is 25.8 Å². The number of carbonyl (C=O) groups excluding carboxylic acids is 1. The summed E-state index contributed by atoms with van der Waals surface area (Å²) in [5.74, 6) is 0.376. The smallest absolute Gasteiger partial charge is 0.410 e. The SMILES string of the molecule is CC(C)(C)OC(=O)N1CCC(Cn2ncccc2=O)C2(CCCC2)C1. The topological polar surface area (TPSA) is 64.4 Å². The largest absolute Gasteiger partial charge is 0.444 e. The lowest BCUT2D eigenvalue weighted by molar-refractivity contribution is -0.0163. The highest BCUT2D eigenvalue weighted by Gasteiger charge is 2.47. The molecule has 25 heavy (non-hydrogen) atoms. The first kappa shape index (κ1) is 18.0. The van der Waals surface area contributed by atoms with Crippen molar-refractivity contribution >= 4 is 6.09 Å². The molecule has 3 rings (SSSR count). The quantitative estimate of drug-likeness (QED) is 0.825. The molecule has 0 bridgehead atoms. The van der Waals surface area contributed by atoms with Crippen molar-refractivity contribution in [1.29, 1.82) is 0 Å². The molecule has 1 aliphatic carbocycles. The summed E-state index contributed by atoms with van der Waals surface area (Å²) in [6, 6.07) is 3.24. The standard InChI is InChI=1S/C19H29N3O3/c1-18(2,3)25-17(24)21-12-8-15(19(14-21)9-4-5-10-19)13-22-16(23)7-6-11-20-22/h6-7,11,15H,4-5,8-10,12-14H2,1-3H3. The number of hydrogen-bond acceptors (Lipinski definition) is 4. The van der Waals surface area contributed by atoms with E-state index in [9.17, 15) is 9.59 Å². The van der Waals surface area contributed by atoms with Gasteiger partial charge >= 0.3 is 6.09 Å². The van der Waals surface area contributed by atoms with E-state index < -0.39 is 5.60 Å². The molecular formula is C19H29N3O3. The van der Waals surface area contributed by atoms with E-state index in [0.29, 0.717) is 19.0 Å².